The van der Waals surface area contributed by atoms with Crippen molar-refractivity contribution in [1.29, 1.82) is 0 Å². The van der Waals surface area contributed by atoms with Crippen LogP contribution in [0.5, 0.6) is 0 Å². The summed E-state index contributed by atoms with van der Waals surface area (Å²) in [6.07, 6.45) is 3.48. The van der Waals surface area contributed by atoms with Crippen LogP contribution in [0.2, 0.25) is 0 Å². The smallest absolute Gasteiger partial charge is 0.142 e. The fraction of sp³-hybridized carbons (Fsp3) is 0.143. The molecule has 3 N–H and O–H groups in total. The van der Waals surface area contributed by atoms with E-state index < -0.39 is 0 Å². The number of aromatic nitrogens is 3. The average Bonchev–Trinajstić information content (AvgIpc) is 2.47. The molecule has 0 unspecified atom stereocenters. The highest BCUT2D eigenvalue weighted by atomic mass is 15.2. The number of anilines is 1. The van der Waals surface area contributed by atoms with Crippen molar-refractivity contribution in [2.75, 3.05) is 5.43 Å². The van der Waals surface area contributed by atoms with Crippen molar-refractivity contribution >= 4 is 16.9 Å². The second-order valence-electron chi connectivity index (χ2n) is 2.56. The molecule has 0 bridgehead atoms. The van der Waals surface area contributed by atoms with E-state index in [9.17, 15) is 0 Å². The van der Waals surface area contributed by atoms with Gasteiger partial charge in [-0.2, -0.15) is 0 Å². The lowest BCUT2D eigenvalue weighted by atomic mass is 10.4. The van der Waals surface area contributed by atoms with Crippen LogP contribution in [0.25, 0.3) is 11.0 Å². The molecule has 0 aliphatic heterocycles. The molecule has 2 aromatic rings. The highest BCUT2D eigenvalue weighted by Crippen LogP contribution is 2.12. The van der Waals surface area contributed by atoms with Crippen LogP contribution in [0.4, 0.5) is 5.82 Å². The second kappa shape index (κ2) is 2.46. The number of imidazole rings is 1. The molecule has 0 amide bonds. The Labute approximate surface area is 69.2 Å². The first-order chi connectivity index (χ1) is 5.81. The van der Waals surface area contributed by atoms with Gasteiger partial charge in [0.15, 0.2) is 0 Å². The number of nitrogens with one attached hydrogen (secondary N) is 1. The predicted molar refractivity (Wildman–Crippen MR) is 46.3 cm³/mol. The SMILES string of the molecule is Cn1cnc2cc(NN)ncc21. The minimum absolute atomic E-state index is 0.626. The maximum absolute atomic E-state index is 5.20. The van der Waals surface area contributed by atoms with Gasteiger partial charge in [-0.1, -0.05) is 0 Å². The number of hydrogen-bond donors (Lipinski definition) is 2. The van der Waals surface area contributed by atoms with Crippen molar-refractivity contribution in [3.8, 4) is 0 Å². The van der Waals surface area contributed by atoms with Crippen LogP contribution in [-0.4, -0.2) is 14.5 Å². The summed E-state index contributed by atoms with van der Waals surface area (Å²) in [6, 6.07) is 1.80. The van der Waals surface area contributed by atoms with Crippen LogP contribution in [-0.2, 0) is 7.05 Å². The molecular formula is C7H9N5. The molecule has 5 heteroatoms. The van der Waals surface area contributed by atoms with Gasteiger partial charge in [-0.25, -0.2) is 15.8 Å². The first-order valence-electron chi connectivity index (χ1n) is 3.55. The number of fused-ring (bicyclic) bond motifs is 1. The van der Waals surface area contributed by atoms with Crippen molar-refractivity contribution < 1.29 is 0 Å². The van der Waals surface area contributed by atoms with E-state index in [1.54, 1.807) is 18.6 Å². The number of pyridine rings is 1. The van der Waals surface area contributed by atoms with E-state index in [1.165, 1.54) is 0 Å². The molecule has 0 aromatic carbocycles. The summed E-state index contributed by atoms with van der Waals surface area (Å²) in [5.74, 6) is 5.83. The molecule has 2 aromatic heterocycles. The van der Waals surface area contributed by atoms with Crippen LogP contribution in [0.3, 0.4) is 0 Å². The van der Waals surface area contributed by atoms with Crippen LogP contribution in [0, 0.1) is 0 Å². The Morgan fingerprint density at radius 2 is 2.33 bits per heavy atom. The molecule has 0 aliphatic carbocycles. The van der Waals surface area contributed by atoms with Gasteiger partial charge in [-0.15, -0.1) is 0 Å². The van der Waals surface area contributed by atoms with Crippen molar-refractivity contribution in [3.05, 3.63) is 18.6 Å². The van der Waals surface area contributed by atoms with Crippen LogP contribution >= 0.6 is 0 Å². The quantitative estimate of drug-likeness (QED) is 0.467. The lowest BCUT2D eigenvalue weighted by Gasteiger charge is -1.97. The molecule has 0 radical (unpaired) electrons. The van der Waals surface area contributed by atoms with Gasteiger partial charge in [0.1, 0.15) is 5.82 Å². The van der Waals surface area contributed by atoms with E-state index >= 15 is 0 Å². The fourth-order valence-electron chi connectivity index (χ4n) is 1.10. The van der Waals surface area contributed by atoms with E-state index in [1.807, 2.05) is 11.6 Å². The molecule has 0 fully saturated rings. The molecule has 0 saturated carbocycles. The van der Waals surface area contributed by atoms with Gasteiger partial charge in [0, 0.05) is 13.1 Å². The Morgan fingerprint density at radius 3 is 3.08 bits per heavy atom. The van der Waals surface area contributed by atoms with Gasteiger partial charge in [0.05, 0.1) is 23.6 Å². The molecule has 0 atom stereocenters. The van der Waals surface area contributed by atoms with Crippen LogP contribution in [0.1, 0.15) is 0 Å². The number of nitrogen functional groups attached to an aromatic ring is 1. The van der Waals surface area contributed by atoms with Gasteiger partial charge < -0.3 is 9.99 Å². The van der Waals surface area contributed by atoms with E-state index in [0.717, 1.165) is 11.0 Å². The Morgan fingerprint density at radius 1 is 1.50 bits per heavy atom. The summed E-state index contributed by atoms with van der Waals surface area (Å²) in [5, 5.41) is 0. The Balaban J connectivity index is 2.69. The monoisotopic (exact) mass is 163 g/mol. The standard InChI is InChI=1S/C7H9N5/c1-12-4-10-5-2-7(11-8)9-3-6(5)12/h2-4H,8H2,1H3,(H,9,11). The van der Waals surface area contributed by atoms with E-state index in [4.69, 9.17) is 5.84 Å². The zero-order valence-electron chi connectivity index (χ0n) is 6.65. The minimum atomic E-state index is 0.626. The summed E-state index contributed by atoms with van der Waals surface area (Å²) < 4.78 is 1.91. The maximum atomic E-state index is 5.20. The third-order valence-corrected chi connectivity index (χ3v) is 1.76. The first kappa shape index (κ1) is 7.05. The van der Waals surface area contributed by atoms with E-state index in [-0.39, 0.29) is 0 Å². The van der Waals surface area contributed by atoms with Gasteiger partial charge in [0.2, 0.25) is 0 Å². The summed E-state index contributed by atoms with van der Waals surface area (Å²) in [5.41, 5.74) is 4.35. The van der Waals surface area contributed by atoms with Crippen LogP contribution in [0.15, 0.2) is 18.6 Å². The van der Waals surface area contributed by atoms with Crippen molar-refractivity contribution in [1.82, 2.24) is 14.5 Å². The van der Waals surface area contributed by atoms with Crippen molar-refractivity contribution in [3.63, 3.8) is 0 Å². The Hall–Kier alpha value is -1.62. The van der Waals surface area contributed by atoms with Crippen molar-refractivity contribution in [2.45, 2.75) is 0 Å². The van der Waals surface area contributed by atoms with Gasteiger partial charge >= 0.3 is 0 Å². The topological polar surface area (TPSA) is 68.8 Å². The molecule has 2 rings (SSSR count). The van der Waals surface area contributed by atoms with Gasteiger partial charge in [0.25, 0.3) is 0 Å². The largest absolute Gasteiger partial charge is 0.332 e. The lowest BCUT2D eigenvalue weighted by Crippen LogP contribution is -2.08. The van der Waals surface area contributed by atoms with Crippen molar-refractivity contribution in [2.24, 2.45) is 12.9 Å². The molecule has 0 saturated heterocycles. The van der Waals surface area contributed by atoms with Gasteiger partial charge in [-0.05, 0) is 0 Å². The van der Waals surface area contributed by atoms with E-state index in [2.05, 4.69) is 15.4 Å². The molecule has 0 spiro atoms. The average molecular weight is 163 g/mol. The molecule has 62 valence electrons. The third-order valence-electron chi connectivity index (χ3n) is 1.76. The normalized spacial score (nSPS) is 10.5. The number of nitrogens with two attached hydrogens (primary N) is 1. The zero-order valence-corrected chi connectivity index (χ0v) is 6.65. The number of hydrazine groups is 1. The number of rotatable bonds is 1. The number of nitrogens with zero attached hydrogens (tertiary/aromatic N) is 3. The highest BCUT2D eigenvalue weighted by Gasteiger charge is 2.00. The molecule has 5 nitrogen and oxygen atoms in total. The van der Waals surface area contributed by atoms with Gasteiger partial charge in [-0.3, -0.25) is 0 Å². The second-order valence-corrected chi connectivity index (χ2v) is 2.56. The molecule has 12 heavy (non-hydrogen) atoms. The molecular weight excluding hydrogens is 154 g/mol. The van der Waals surface area contributed by atoms with Crippen LogP contribution < -0.4 is 11.3 Å². The summed E-state index contributed by atoms with van der Waals surface area (Å²) in [6.45, 7) is 0. The fourth-order valence-corrected chi connectivity index (χ4v) is 1.10. The Kier molecular flexibility index (Phi) is 1.44. The third kappa shape index (κ3) is 0.911. The molecule has 0 aliphatic rings. The zero-order chi connectivity index (χ0) is 8.55. The van der Waals surface area contributed by atoms with E-state index in [0.29, 0.717) is 5.82 Å². The Bertz CT molecular complexity index is 405. The lowest BCUT2D eigenvalue weighted by molar-refractivity contribution is 0.945. The maximum Gasteiger partial charge on any atom is 0.142 e. The summed E-state index contributed by atoms with van der Waals surface area (Å²) >= 11 is 0. The number of hydrogen-bond acceptors (Lipinski definition) is 4. The first-order valence-corrected chi connectivity index (χ1v) is 3.55. The molecule has 2 heterocycles. The minimum Gasteiger partial charge on any atom is -0.332 e. The number of aryl methyl sites for hydroxylation is 1. The predicted octanol–water partition coefficient (Wildman–Crippen LogP) is 0.254. The summed E-state index contributed by atoms with van der Waals surface area (Å²) in [4.78, 5) is 8.22. The summed E-state index contributed by atoms with van der Waals surface area (Å²) in [7, 11) is 1.92. The highest BCUT2D eigenvalue weighted by molar-refractivity contribution is 5.76.